The Morgan fingerprint density at radius 2 is 1.78 bits per heavy atom. The van der Waals surface area contributed by atoms with Gasteiger partial charge < -0.3 is 20.1 Å². The minimum Gasteiger partial charge on any atom is -0.497 e. The van der Waals surface area contributed by atoms with Gasteiger partial charge in [0.25, 0.3) is 0 Å². The van der Waals surface area contributed by atoms with Crippen LogP contribution in [-0.2, 0) is 4.79 Å². The van der Waals surface area contributed by atoms with Crippen LogP contribution >= 0.6 is 11.6 Å². The summed E-state index contributed by atoms with van der Waals surface area (Å²) in [5.74, 6) is 1.19. The number of amides is 1. The monoisotopic (exact) mass is 332 g/mol. The second-order valence-corrected chi connectivity index (χ2v) is 5.68. The lowest BCUT2D eigenvalue weighted by Gasteiger charge is -2.45. The van der Waals surface area contributed by atoms with Crippen LogP contribution in [0.5, 0.6) is 11.5 Å². The number of carbonyl (C=O) groups excluding carboxylic acids is 1. The van der Waals surface area contributed by atoms with Gasteiger partial charge in [0, 0.05) is 5.69 Å². The molecule has 1 aliphatic heterocycles. The zero-order valence-electron chi connectivity index (χ0n) is 12.8. The fourth-order valence-corrected chi connectivity index (χ4v) is 3.01. The number of benzene rings is 2. The molecule has 2 N–H and O–H groups in total. The van der Waals surface area contributed by atoms with E-state index in [1.165, 1.54) is 0 Å². The maximum absolute atomic E-state index is 12.2. The summed E-state index contributed by atoms with van der Waals surface area (Å²) in [7, 11) is 3.16. The fraction of sp³-hybridized carbons (Fsp3) is 0.235. The van der Waals surface area contributed by atoms with Crippen LogP contribution in [0.25, 0.3) is 0 Å². The topological polar surface area (TPSA) is 64.8 Å². The number of ether oxygens (including phenoxy) is 2. The molecule has 6 heteroatoms. The molecule has 1 fully saturated rings. The van der Waals surface area contributed by atoms with E-state index >= 15 is 0 Å². The third-order valence-electron chi connectivity index (χ3n) is 4.01. The Hall–Kier alpha value is -2.24. The molecular formula is C17H17ClN2O3. The standard InChI is InChI=1S/C17H17ClN2O3/c1-22-12-6-3-10(4-7-12)16-15(19)17(21)20(16)11-5-8-14(23-2)13(18)9-11/h3-9,15-16H,19H2,1-2H3/t15-,16+/m1/s1. The molecule has 1 heterocycles. The molecule has 0 aromatic heterocycles. The molecule has 2 aromatic carbocycles. The van der Waals surface area contributed by atoms with Crippen molar-refractivity contribution >= 4 is 23.2 Å². The summed E-state index contributed by atoms with van der Waals surface area (Å²) in [4.78, 5) is 13.9. The number of hydrogen-bond donors (Lipinski definition) is 1. The van der Waals surface area contributed by atoms with Crippen molar-refractivity contribution in [2.45, 2.75) is 12.1 Å². The number of rotatable bonds is 4. The van der Waals surface area contributed by atoms with E-state index in [4.69, 9.17) is 26.8 Å². The van der Waals surface area contributed by atoms with E-state index in [9.17, 15) is 4.79 Å². The number of halogens is 1. The summed E-state index contributed by atoms with van der Waals surface area (Å²) >= 11 is 6.16. The third kappa shape index (κ3) is 2.62. The number of nitrogens with zero attached hydrogens (tertiary/aromatic N) is 1. The second kappa shape index (κ2) is 6.10. The van der Waals surface area contributed by atoms with Gasteiger partial charge in [0.2, 0.25) is 5.91 Å². The van der Waals surface area contributed by atoms with Crippen molar-refractivity contribution in [1.29, 1.82) is 0 Å². The quantitative estimate of drug-likeness (QED) is 0.874. The van der Waals surface area contributed by atoms with Crippen LogP contribution in [0, 0.1) is 0 Å². The molecule has 120 valence electrons. The van der Waals surface area contributed by atoms with Crippen molar-refractivity contribution in [3.63, 3.8) is 0 Å². The van der Waals surface area contributed by atoms with E-state index in [1.807, 2.05) is 24.3 Å². The second-order valence-electron chi connectivity index (χ2n) is 5.27. The Morgan fingerprint density at radius 1 is 1.09 bits per heavy atom. The fourth-order valence-electron chi connectivity index (χ4n) is 2.76. The van der Waals surface area contributed by atoms with E-state index in [1.54, 1.807) is 37.3 Å². The first kappa shape index (κ1) is 15.6. The number of carbonyl (C=O) groups is 1. The van der Waals surface area contributed by atoms with E-state index in [0.717, 1.165) is 11.3 Å². The van der Waals surface area contributed by atoms with E-state index in [2.05, 4.69) is 0 Å². The predicted octanol–water partition coefficient (Wildman–Crippen LogP) is 2.77. The number of methoxy groups -OCH3 is 2. The minimum atomic E-state index is -0.565. The highest BCUT2D eigenvalue weighted by Gasteiger charge is 2.46. The van der Waals surface area contributed by atoms with Crippen molar-refractivity contribution in [1.82, 2.24) is 0 Å². The van der Waals surface area contributed by atoms with Crippen LogP contribution < -0.4 is 20.1 Å². The first-order chi connectivity index (χ1) is 11.1. The summed E-state index contributed by atoms with van der Waals surface area (Å²) in [5.41, 5.74) is 7.66. The smallest absolute Gasteiger partial charge is 0.247 e. The van der Waals surface area contributed by atoms with Crippen molar-refractivity contribution in [2.24, 2.45) is 5.73 Å². The minimum absolute atomic E-state index is 0.132. The average molecular weight is 333 g/mol. The Bertz CT molecular complexity index is 733. The van der Waals surface area contributed by atoms with Gasteiger partial charge >= 0.3 is 0 Å². The average Bonchev–Trinajstić information content (AvgIpc) is 2.58. The molecule has 0 bridgehead atoms. The zero-order valence-corrected chi connectivity index (χ0v) is 13.6. The largest absolute Gasteiger partial charge is 0.497 e. The highest BCUT2D eigenvalue weighted by Crippen LogP contribution is 2.40. The van der Waals surface area contributed by atoms with Crippen LogP contribution in [-0.4, -0.2) is 26.2 Å². The maximum atomic E-state index is 12.2. The normalized spacial score (nSPS) is 20.2. The molecular weight excluding hydrogens is 316 g/mol. The molecule has 5 nitrogen and oxygen atoms in total. The first-order valence-corrected chi connectivity index (χ1v) is 7.50. The van der Waals surface area contributed by atoms with Gasteiger partial charge in [0.1, 0.15) is 17.5 Å². The summed E-state index contributed by atoms with van der Waals surface area (Å²) in [6.45, 7) is 0. The molecule has 2 aromatic rings. The van der Waals surface area contributed by atoms with Gasteiger partial charge in [-0.2, -0.15) is 0 Å². The van der Waals surface area contributed by atoms with E-state index in [-0.39, 0.29) is 11.9 Å². The number of nitrogens with two attached hydrogens (primary N) is 1. The van der Waals surface area contributed by atoms with Crippen LogP contribution in [0.2, 0.25) is 5.02 Å². The van der Waals surface area contributed by atoms with E-state index < -0.39 is 6.04 Å². The van der Waals surface area contributed by atoms with Crippen LogP contribution in [0.15, 0.2) is 42.5 Å². The molecule has 0 aliphatic carbocycles. The molecule has 1 amide bonds. The SMILES string of the molecule is COc1ccc([C@H]2[C@@H](N)C(=O)N2c2ccc(OC)c(Cl)c2)cc1. The molecule has 23 heavy (non-hydrogen) atoms. The predicted molar refractivity (Wildman–Crippen MR) is 89.2 cm³/mol. The lowest BCUT2D eigenvalue weighted by atomic mass is 9.88. The number of anilines is 1. The van der Waals surface area contributed by atoms with Gasteiger partial charge in [-0.15, -0.1) is 0 Å². The van der Waals surface area contributed by atoms with Gasteiger partial charge in [-0.25, -0.2) is 0 Å². The zero-order chi connectivity index (χ0) is 16.6. The molecule has 0 unspecified atom stereocenters. The molecule has 0 saturated carbocycles. The van der Waals surface area contributed by atoms with Gasteiger partial charge in [-0.1, -0.05) is 23.7 Å². The molecule has 1 aliphatic rings. The summed E-state index contributed by atoms with van der Waals surface area (Å²) in [5, 5.41) is 0.451. The lowest BCUT2D eigenvalue weighted by molar-refractivity contribution is -0.126. The third-order valence-corrected chi connectivity index (χ3v) is 4.31. The summed E-state index contributed by atoms with van der Waals surface area (Å²) in [6.07, 6.45) is 0. The highest BCUT2D eigenvalue weighted by atomic mass is 35.5. The molecule has 3 rings (SSSR count). The van der Waals surface area contributed by atoms with Gasteiger partial charge in [0.05, 0.1) is 25.3 Å². The lowest BCUT2D eigenvalue weighted by Crippen LogP contribution is -2.63. The van der Waals surface area contributed by atoms with Crippen molar-refractivity contribution in [3.05, 3.63) is 53.1 Å². The van der Waals surface area contributed by atoms with Crippen molar-refractivity contribution in [3.8, 4) is 11.5 Å². The Kier molecular flexibility index (Phi) is 4.15. The Labute approximate surface area is 139 Å². The van der Waals surface area contributed by atoms with Gasteiger partial charge in [-0.3, -0.25) is 4.79 Å². The Balaban J connectivity index is 1.93. The van der Waals surface area contributed by atoms with Gasteiger partial charge in [0.15, 0.2) is 0 Å². The van der Waals surface area contributed by atoms with Crippen LogP contribution in [0.4, 0.5) is 5.69 Å². The summed E-state index contributed by atoms with van der Waals surface area (Å²) < 4.78 is 10.3. The van der Waals surface area contributed by atoms with Crippen molar-refractivity contribution in [2.75, 3.05) is 19.1 Å². The van der Waals surface area contributed by atoms with Gasteiger partial charge in [-0.05, 0) is 35.9 Å². The Morgan fingerprint density at radius 3 is 2.35 bits per heavy atom. The summed E-state index contributed by atoms with van der Waals surface area (Å²) in [6, 6.07) is 12.0. The maximum Gasteiger partial charge on any atom is 0.247 e. The van der Waals surface area contributed by atoms with Crippen molar-refractivity contribution < 1.29 is 14.3 Å². The first-order valence-electron chi connectivity index (χ1n) is 7.13. The van der Waals surface area contributed by atoms with Crippen LogP contribution in [0.1, 0.15) is 11.6 Å². The highest BCUT2D eigenvalue weighted by molar-refractivity contribution is 6.32. The van der Waals surface area contributed by atoms with E-state index in [0.29, 0.717) is 16.5 Å². The molecule has 0 spiro atoms. The molecule has 0 radical (unpaired) electrons. The number of β-lactam (4-membered cyclic amide) rings is 1. The van der Waals surface area contributed by atoms with Crippen LogP contribution in [0.3, 0.4) is 0 Å². The molecule has 2 atom stereocenters. The molecule has 1 saturated heterocycles. The number of hydrogen-bond acceptors (Lipinski definition) is 4.